The lowest BCUT2D eigenvalue weighted by atomic mass is 10.1. The van der Waals surface area contributed by atoms with Crippen molar-refractivity contribution >= 4 is 28.7 Å². The summed E-state index contributed by atoms with van der Waals surface area (Å²) in [6.45, 7) is 4.90. The van der Waals surface area contributed by atoms with Crippen LogP contribution in [-0.4, -0.2) is 84.6 Å². The average molecular weight is 428 g/mol. The molecule has 9 heteroatoms. The molecule has 2 aromatic rings. The Hall–Kier alpha value is -2.91. The van der Waals surface area contributed by atoms with Gasteiger partial charge in [0, 0.05) is 56.2 Å². The van der Waals surface area contributed by atoms with Gasteiger partial charge < -0.3 is 20.4 Å². The Morgan fingerprint density at radius 3 is 2.81 bits per heavy atom. The Kier molecular flexibility index (Phi) is 6.83. The molecule has 0 bridgehead atoms. The minimum absolute atomic E-state index is 0.104. The van der Waals surface area contributed by atoms with Crippen molar-refractivity contribution in [3.8, 4) is 0 Å². The van der Waals surface area contributed by atoms with Gasteiger partial charge in [0.05, 0.1) is 13.2 Å². The first-order valence-electron chi connectivity index (χ1n) is 10.9. The molecule has 4 amide bonds. The number of nitrogens with one attached hydrogen (secondary N) is 3. The summed E-state index contributed by atoms with van der Waals surface area (Å²) < 4.78 is 5.31. The van der Waals surface area contributed by atoms with Crippen molar-refractivity contribution in [1.29, 1.82) is 0 Å². The number of nitrogens with zero attached hydrogens (tertiary/aromatic N) is 2. The summed E-state index contributed by atoms with van der Waals surface area (Å²) in [5, 5.41) is 6.70. The third-order valence-corrected chi connectivity index (χ3v) is 5.90. The topological polar surface area (TPSA) is 107 Å². The SMILES string of the molecule is O=C(CC[C@@H]1NC(=O)N(CCc2c[nH]c3ccccc23)C1=O)NCCN1CCOCC1. The standard InChI is InChI=1S/C22H29N5O4/c28-20(23-8-10-26-11-13-31-14-12-26)6-5-19-21(29)27(22(30)25-19)9-7-16-15-24-18-4-2-1-3-17(16)18/h1-4,15,19,24H,5-14H2,(H,23,28)(H,25,30)/t19-/m0/s1. The Bertz CT molecular complexity index is 937. The van der Waals surface area contributed by atoms with Gasteiger partial charge in [0.2, 0.25) is 5.91 Å². The molecular weight excluding hydrogens is 398 g/mol. The molecule has 3 N–H and O–H groups in total. The second-order valence-corrected chi connectivity index (χ2v) is 7.94. The van der Waals surface area contributed by atoms with Crippen LogP contribution in [0.1, 0.15) is 18.4 Å². The monoisotopic (exact) mass is 427 g/mol. The number of H-pyrrole nitrogens is 1. The number of para-hydroxylation sites is 1. The number of carbonyl (C=O) groups is 3. The zero-order chi connectivity index (χ0) is 21.6. The average Bonchev–Trinajstić information content (AvgIpc) is 3.32. The van der Waals surface area contributed by atoms with E-state index in [-0.39, 0.29) is 24.3 Å². The van der Waals surface area contributed by atoms with Crippen molar-refractivity contribution in [2.75, 3.05) is 45.9 Å². The normalized spacial score (nSPS) is 19.7. The van der Waals surface area contributed by atoms with Gasteiger partial charge in [0.1, 0.15) is 6.04 Å². The Morgan fingerprint density at radius 2 is 1.97 bits per heavy atom. The Morgan fingerprint density at radius 1 is 1.16 bits per heavy atom. The summed E-state index contributed by atoms with van der Waals surface area (Å²) in [6, 6.07) is 6.92. The fourth-order valence-corrected chi connectivity index (χ4v) is 4.10. The molecule has 1 aromatic carbocycles. The van der Waals surface area contributed by atoms with Gasteiger partial charge >= 0.3 is 6.03 Å². The van der Waals surface area contributed by atoms with Gasteiger partial charge in [0.25, 0.3) is 5.91 Å². The Balaban J connectivity index is 1.20. The van der Waals surface area contributed by atoms with E-state index in [4.69, 9.17) is 4.74 Å². The summed E-state index contributed by atoms with van der Waals surface area (Å²) in [4.78, 5) is 43.8. The molecule has 2 aliphatic rings. The summed E-state index contributed by atoms with van der Waals surface area (Å²) in [6.07, 6.45) is 3.01. The number of hydrogen-bond donors (Lipinski definition) is 3. The van der Waals surface area contributed by atoms with Crippen molar-refractivity contribution < 1.29 is 19.1 Å². The molecule has 31 heavy (non-hydrogen) atoms. The molecule has 0 saturated carbocycles. The number of aromatic nitrogens is 1. The van der Waals surface area contributed by atoms with Gasteiger partial charge in [-0.25, -0.2) is 4.79 Å². The van der Waals surface area contributed by atoms with Gasteiger partial charge in [-0.1, -0.05) is 18.2 Å². The van der Waals surface area contributed by atoms with Gasteiger partial charge in [-0.2, -0.15) is 0 Å². The van der Waals surface area contributed by atoms with E-state index in [0.29, 0.717) is 25.9 Å². The summed E-state index contributed by atoms with van der Waals surface area (Å²) in [5.74, 6) is -0.362. The van der Waals surface area contributed by atoms with Crippen LogP contribution < -0.4 is 10.6 Å². The summed E-state index contributed by atoms with van der Waals surface area (Å²) >= 11 is 0. The summed E-state index contributed by atoms with van der Waals surface area (Å²) in [7, 11) is 0. The fourth-order valence-electron chi connectivity index (χ4n) is 4.10. The first-order chi connectivity index (χ1) is 15.1. The number of carbonyl (C=O) groups excluding carboxylic acids is 3. The highest BCUT2D eigenvalue weighted by molar-refractivity contribution is 6.04. The molecule has 0 spiro atoms. The number of rotatable bonds is 9. The molecule has 0 aliphatic carbocycles. The molecule has 4 rings (SSSR count). The molecule has 2 aliphatic heterocycles. The fraction of sp³-hybridized carbons (Fsp3) is 0.500. The largest absolute Gasteiger partial charge is 0.379 e. The maximum absolute atomic E-state index is 12.7. The molecule has 0 radical (unpaired) electrons. The third-order valence-electron chi connectivity index (χ3n) is 5.90. The predicted molar refractivity (Wildman–Crippen MR) is 116 cm³/mol. The molecule has 2 fully saturated rings. The van der Waals surface area contributed by atoms with Crippen molar-refractivity contribution in [3.63, 3.8) is 0 Å². The number of hydrogen-bond acceptors (Lipinski definition) is 5. The smallest absolute Gasteiger partial charge is 0.324 e. The van der Waals surface area contributed by atoms with E-state index in [9.17, 15) is 14.4 Å². The lowest BCUT2D eigenvalue weighted by Gasteiger charge is -2.26. The number of amides is 4. The molecule has 3 heterocycles. The number of morpholine rings is 1. The van der Waals surface area contributed by atoms with E-state index in [1.165, 1.54) is 4.90 Å². The van der Waals surface area contributed by atoms with Crippen LogP contribution in [0.2, 0.25) is 0 Å². The third kappa shape index (κ3) is 5.23. The lowest BCUT2D eigenvalue weighted by molar-refractivity contribution is -0.127. The van der Waals surface area contributed by atoms with Gasteiger partial charge in [-0.15, -0.1) is 0 Å². The van der Waals surface area contributed by atoms with Crippen LogP contribution in [0.25, 0.3) is 10.9 Å². The first kappa shape index (κ1) is 21.3. The second kappa shape index (κ2) is 9.93. The molecule has 1 aromatic heterocycles. The van der Waals surface area contributed by atoms with Crippen LogP contribution in [0.5, 0.6) is 0 Å². The van der Waals surface area contributed by atoms with E-state index >= 15 is 0 Å². The van der Waals surface area contributed by atoms with Gasteiger partial charge in [0.15, 0.2) is 0 Å². The lowest BCUT2D eigenvalue weighted by Crippen LogP contribution is -2.41. The summed E-state index contributed by atoms with van der Waals surface area (Å²) in [5.41, 5.74) is 2.10. The number of ether oxygens (including phenoxy) is 1. The van der Waals surface area contributed by atoms with Crippen LogP contribution in [-0.2, 0) is 20.7 Å². The molecule has 9 nitrogen and oxygen atoms in total. The van der Waals surface area contributed by atoms with Gasteiger partial charge in [-0.3, -0.25) is 19.4 Å². The number of urea groups is 1. The highest BCUT2D eigenvalue weighted by atomic mass is 16.5. The van der Waals surface area contributed by atoms with Crippen LogP contribution in [0.15, 0.2) is 30.5 Å². The van der Waals surface area contributed by atoms with Crippen molar-refractivity contribution in [1.82, 2.24) is 25.4 Å². The van der Waals surface area contributed by atoms with Crippen LogP contribution >= 0.6 is 0 Å². The highest BCUT2D eigenvalue weighted by Crippen LogP contribution is 2.19. The second-order valence-electron chi connectivity index (χ2n) is 7.94. The molecule has 166 valence electrons. The maximum atomic E-state index is 12.7. The molecule has 0 unspecified atom stereocenters. The molecular formula is C22H29N5O4. The number of fused-ring (bicyclic) bond motifs is 1. The van der Waals surface area contributed by atoms with E-state index in [1.54, 1.807) is 0 Å². The quantitative estimate of drug-likeness (QED) is 0.515. The zero-order valence-electron chi connectivity index (χ0n) is 17.6. The van der Waals surface area contributed by atoms with E-state index in [1.807, 2.05) is 30.5 Å². The number of aromatic amines is 1. The van der Waals surface area contributed by atoms with E-state index < -0.39 is 6.04 Å². The van der Waals surface area contributed by atoms with E-state index in [2.05, 4.69) is 20.5 Å². The van der Waals surface area contributed by atoms with Crippen molar-refractivity contribution in [2.45, 2.75) is 25.3 Å². The van der Waals surface area contributed by atoms with Crippen LogP contribution in [0.4, 0.5) is 4.79 Å². The van der Waals surface area contributed by atoms with Crippen LogP contribution in [0.3, 0.4) is 0 Å². The van der Waals surface area contributed by atoms with Crippen LogP contribution in [0, 0.1) is 0 Å². The van der Waals surface area contributed by atoms with Crippen molar-refractivity contribution in [2.24, 2.45) is 0 Å². The molecule has 2 saturated heterocycles. The maximum Gasteiger partial charge on any atom is 0.324 e. The van der Waals surface area contributed by atoms with E-state index in [0.717, 1.165) is 49.3 Å². The minimum Gasteiger partial charge on any atom is -0.379 e. The van der Waals surface area contributed by atoms with Gasteiger partial charge in [-0.05, 0) is 24.5 Å². The minimum atomic E-state index is -0.638. The van der Waals surface area contributed by atoms with Crippen molar-refractivity contribution in [3.05, 3.63) is 36.0 Å². The highest BCUT2D eigenvalue weighted by Gasteiger charge is 2.37. The Labute approximate surface area is 181 Å². The number of benzene rings is 1. The predicted octanol–water partition coefficient (Wildman–Crippen LogP) is 0.859. The molecule has 1 atom stereocenters. The first-order valence-corrected chi connectivity index (χ1v) is 10.9. The zero-order valence-corrected chi connectivity index (χ0v) is 17.6. The number of imide groups is 1.